The Morgan fingerprint density at radius 2 is 1.88 bits per heavy atom. The fraction of sp³-hybridized carbons (Fsp3) is 0.357. The molecule has 0 radical (unpaired) electrons. The van der Waals surface area contributed by atoms with Gasteiger partial charge in [-0.1, -0.05) is 38.8 Å². The molecule has 3 heteroatoms. The number of benzene rings is 1. The molecular formula is C14H17Cl2Zr-. The first-order valence-corrected chi connectivity index (χ1v) is 12.1. The third kappa shape index (κ3) is 4.16. The van der Waals surface area contributed by atoms with E-state index in [-0.39, 0.29) is 0 Å². The minimum absolute atomic E-state index is 0.826. The molecule has 92 valence electrons. The summed E-state index contributed by atoms with van der Waals surface area (Å²) in [5.41, 5.74) is 4.28. The molecule has 2 aromatic rings. The first kappa shape index (κ1) is 15.4. The maximum atomic E-state index is 4.93. The molecule has 0 aromatic heterocycles. The van der Waals surface area contributed by atoms with Gasteiger partial charge in [0.25, 0.3) is 0 Å². The number of hydrogen-bond acceptors (Lipinski definition) is 0. The molecule has 17 heavy (non-hydrogen) atoms. The van der Waals surface area contributed by atoms with Crippen LogP contribution < -0.4 is 0 Å². The Morgan fingerprint density at radius 3 is 2.47 bits per heavy atom. The molecule has 0 heterocycles. The van der Waals surface area contributed by atoms with Crippen molar-refractivity contribution in [2.75, 3.05) is 0 Å². The second kappa shape index (κ2) is 7.67. The Balaban J connectivity index is 0.000000437. The van der Waals surface area contributed by atoms with Crippen LogP contribution in [0.3, 0.4) is 0 Å². The van der Waals surface area contributed by atoms with E-state index in [0.717, 1.165) is 0 Å². The van der Waals surface area contributed by atoms with Gasteiger partial charge in [-0.05, 0) is 6.42 Å². The maximum absolute atomic E-state index is 4.93. The van der Waals surface area contributed by atoms with Crippen LogP contribution >= 0.6 is 17.0 Å². The van der Waals surface area contributed by atoms with Crippen molar-refractivity contribution in [3.8, 4) is 0 Å². The van der Waals surface area contributed by atoms with Crippen LogP contribution in [0.15, 0.2) is 24.3 Å². The van der Waals surface area contributed by atoms with Crippen LogP contribution in [0.2, 0.25) is 0 Å². The standard InChI is InChI=1S/C14H17.2ClH.Zr/c1-4-5-12-7-6-11(3)13-8-10(2)9-14(12)13;;;/h6-9H,4-5H2,1-3H3;2*1H;/q-1;;;+2/p-2. The first-order valence-electron chi connectivity index (χ1n) is 5.75. The zero-order chi connectivity index (χ0) is 12.8. The molecule has 2 aromatic carbocycles. The molecule has 2 rings (SSSR count). The molecule has 0 unspecified atom stereocenters. The molecular weight excluding hydrogens is 330 g/mol. The number of aryl methyl sites for hydroxylation is 3. The van der Waals surface area contributed by atoms with Gasteiger partial charge in [-0.15, -0.1) is 34.0 Å². The van der Waals surface area contributed by atoms with Crippen molar-refractivity contribution in [2.45, 2.75) is 33.6 Å². The summed E-state index contributed by atoms with van der Waals surface area (Å²) in [6.07, 6.45) is 2.42. The van der Waals surface area contributed by atoms with Crippen LogP contribution in [0.25, 0.3) is 10.8 Å². The SMILES string of the molecule is CCCc1ccc(C)c2[cH-]c(C)cc12.[Cl][Zr][Cl]. The molecule has 0 saturated heterocycles. The van der Waals surface area contributed by atoms with Gasteiger partial charge in [-0.3, -0.25) is 0 Å². The van der Waals surface area contributed by atoms with Gasteiger partial charge in [-0.2, -0.15) is 6.07 Å². The molecule has 0 amide bonds. The minimum atomic E-state index is -0.826. The average Bonchev–Trinajstić information content (AvgIpc) is 2.67. The summed E-state index contributed by atoms with van der Waals surface area (Å²) in [7, 11) is 9.87. The topological polar surface area (TPSA) is 0 Å². The van der Waals surface area contributed by atoms with Crippen LogP contribution in [0.5, 0.6) is 0 Å². The number of halogens is 2. The van der Waals surface area contributed by atoms with Gasteiger partial charge in [-0.25, -0.2) is 0 Å². The molecule has 0 aliphatic rings. The molecule has 0 N–H and O–H groups in total. The summed E-state index contributed by atoms with van der Waals surface area (Å²) < 4.78 is 0. The van der Waals surface area contributed by atoms with E-state index in [9.17, 15) is 0 Å². The van der Waals surface area contributed by atoms with Crippen molar-refractivity contribution in [1.29, 1.82) is 0 Å². The van der Waals surface area contributed by atoms with E-state index in [1.807, 2.05) is 0 Å². The van der Waals surface area contributed by atoms with E-state index in [4.69, 9.17) is 17.0 Å². The molecule has 0 spiro atoms. The van der Waals surface area contributed by atoms with Gasteiger partial charge in [0.05, 0.1) is 0 Å². The fourth-order valence-corrected chi connectivity index (χ4v) is 2.14. The van der Waals surface area contributed by atoms with Crippen LogP contribution in [-0.4, -0.2) is 0 Å². The summed E-state index contributed by atoms with van der Waals surface area (Å²) in [6, 6.07) is 9.13. The zero-order valence-electron chi connectivity index (χ0n) is 10.5. The van der Waals surface area contributed by atoms with E-state index in [1.165, 1.54) is 40.3 Å². The first-order chi connectivity index (χ1) is 8.13. The Morgan fingerprint density at radius 1 is 1.24 bits per heavy atom. The summed E-state index contributed by atoms with van der Waals surface area (Å²) in [5.74, 6) is 0. The van der Waals surface area contributed by atoms with Crippen molar-refractivity contribution in [3.63, 3.8) is 0 Å². The van der Waals surface area contributed by atoms with Crippen LogP contribution in [0.4, 0.5) is 0 Å². The third-order valence-corrected chi connectivity index (χ3v) is 2.86. The number of fused-ring (bicyclic) bond motifs is 1. The van der Waals surface area contributed by atoms with Gasteiger partial charge < -0.3 is 0 Å². The average molecular weight is 347 g/mol. The Kier molecular flexibility index (Phi) is 6.92. The van der Waals surface area contributed by atoms with Crippen LogP contribution in [-0.2, 0) is 27.3 Å². The molecule has 0 atom stereocenters. The quantitative estimate of drug-likeness (QED) is 0.629. The summed E-state index contributed by atoms with van der Waals surface area (Å²) >= 11 is -0.826. The van der Waals surface area contributed by atoms with E-state index in [1.54, 1.807) is 0 Å². The second-order valence-electron chi connectivity index (χ2n) is 4.22. The fourth-order valence-electron chi connectivity index (χ4n) is 2.14. The van der Waals surface area contributed by atoms with Gasteiger partial charge in [0.1, 0.15) is 0 Å². The van der Waals surface area contributed by atoms with Gasteiger partial charge in [0.15, 0.2) is 0 Å². The van der Waals surface area contributed by atoms with Gasteiger partial charge in [0.2, 0.25) is 0 Å². The van der Waals surface area contributed by atoms with E-state index in [0.29, 0.717) is 0 Å². The van der Waals surface area contributed by atoms with Gasteiger partial charge in [0, 0.05) is 0 Å². The summed E-state index contributed by atoms with van der Waals surface area (Å²) in [5, 5.41) is 2.90. The molecule has 0 bridgehead atoms. The second-order valence-corrected chi connectivity index (χ2v) is 7.95. The Hall–Kier alpha value is 0.293. The van der Waals surface area contributed by atoms with Crippen molar-refractivity contribution >= 4 is 27.8 Å². The number of hydrogen-bond donors (Lipinski definition) is 0. The van der Waals surface area contributed by atoms with E-state index < -0.39 is 20.8 Å². The Bertz CT molecular complexity index is 474. The third-order valence-electron chi connectivity index (χ3n) is 2.86. The monoisotopic (exact) mass is 345 g/mol. The van der Waals surface area contributed by atoms with Crippen molar-refractivity contribution < 1.29 is 20.8 Å². The van der Waals surface area contributed by atoms with Gasteiger partial charge >= 0.3 is 37.9 Å². The summed E-state index contributed by atoms with van der Waals surface area (Å²) in [6.45, 7) is 6.61. The van der Waals surface area contributed by atoms with E-state index in [2.05, 4.69) is 45.0 Å². The zero-order valence-corrected chi connectivity index (χ0v) is 14.4. The molecule has 0 nitrogen and oxygen atoms in total. The normalized spacial score (nSPS) is 9.94. The number of rotatable bonds is 2. The molecule has 0 aliphatic heterocycles. The molecule has 0 fully saturated rings. The summed E-state index contributed by atoms with van der Waals surface area (Å²) in [4.78, 5) is 0. The van der Waals surface area contributed by atoms with Crippen LogP contribution in [0.1, 0.15) is 30.0 Å². The van der Waals surface area contributed by atoms with Crippen LogP contribution in [0, 0.1) is 13.8 Å². The molecule has 0 saturated carbocycles. The van der Waals surface area contributed by atoms with Crippen molar-refractivity contribution in [1.82, 2.24) is 0 Å². The predicted octanol–water partition coefficient (Wildman–Crippen LogP) is 5.50. The predicted molar refractivity (Wildman–Crippen MR) is 74.7 cm³/mol. The Labute approximate surface area is 122 Å². The molecule has 0 aliphatic carbocycles. The van der Waals surface area contributed by atoms with Crippen molar-refractivity contribution in [2.24, 2.45) is 0 Å². The van der Waals surface area contributed by atoms with Crippen molar-refractivity contribution in [3.05, 3.63) is 41.0 Å². The van der Waals surface area contributed by atoms with E-state index >= 15 is 0 Å².